The smallest absolute Gasteiger partial charge is 0.254 e. The van der Waals surface area contributed by atoms with Crippen molar-refractivity contribution >= 4 is 17.3 Å². The van der Waals surface area contributed by atoms with Crippen LogP contribution in [0.3, 0.4) is 0 Å². The average Bonchev–Trinajstić information content (AvgIpc) is 3.39. The number of benzene rings is 2. The monoisotopic (exact) mass is 502 g/mol. The molecule has 1 aliphatic heterocycles. The highest BCUT2D eigenvalue weighted by atomic mass is 16.5. The summed E-state index contributed by atoms with van der Waals surface area (Å²) in [6, 6.07) is 14.0. The van der Waals surface area contributed by atoms with Crippen LogP contribution in [-0.2, 0) is 4.74 Å². The number of carbonyl (C=O) groups excluding carboxylic acids is 1. The van der Waals surface area contributed by atoms with Gasteiger partial charge in [-0.3, -0.25) is 10.2 Å². The molecule has 1 amide bonds. The molecule has 2 heterocycles. The van der Waals surface area contributed by atoms with Crippen LogP contribution in [0.25, 0.3) is 11.3 Å². The zero-order valence-corrected chi connectivity index (χ0v) is 21.2. The number of nitrogen functional groups attached to an aromatic ring is 1. The van der Waals surface area contributed by atoms with E-state index in [1.54, 1.807) is 37.4 Å². The van der Waals surface area contributed by atoms with Gasteiger partial charge < -0.3 is 29.5 Å². The number of nitrogens with zero attached hydrogens (tertiary/aromatic N) is 4. The van der Waals surface area contributed by atoms with Crippen LogP contribution in [-0.4, -0.2) is 79.6 Å². The van der Waals surface area contributed by atoms with Crippen LogP contribution in [0.15, 0.2) is 47.0 Å². The maximum absolute atomic E-state index is 13.0. The Hall–Kier alpha value is -4.20. The van der Waals surface area contributed by atoms with E-state index in [0.717, 1.165) is 18.7 Å². The molecule has 0 aliphatic carbocycles. The van der Waals surface area contributed by atoms with Gasteiger partial charge in [-0.05, 0) is 32.2 Å². The number of nitriles is 1. The molecule has 1 atom stereocenters. The Morgan fingerprint density at radius 1 is 1.24 bits per heavy atom. The van der Waals surface area contributed by atoms with Crippen LogP contribution in [0.1, 0.15) is 34.1 Å². The number of amides is 1. The highest BCUT2D eigenvalue weighted by Gasteiger charge is 2.26. The first-order valence-corrected chi connectivity index (χ1v) is 11.9. The molecule has 0 bridgehead atoms. The van der Waals surface area contributed by atoms with Crippen molar-refractivity contribution in [2.24, 2.45) is 0 Å². The van der Waals surface area contributed by atoms with Crippen molar-refractivity contribution < 1.29 is 18.8 Å². The van der Waals surface area contributed by atoms with E-state index >= 15 is 0 Å². The SMILES string of the molecule is COCCOc1cc(N)c(C(=N)c2cc(-c3ccc(C(=O)N4CCN(C)C[C@@H]4C)cc3)on2)cc1C#N. The maximum atomic E-state index is 13.0. The number of nitrogens with one attached hydrogen (secondary N) is 1. The van der Waals surface area contributed by atoms with Crippen LogP contribution in [0.2, 0.25) is 0 Å². The number of hydrogen-bond acceptors (Lipinski definition) is 9. The largest absolute Gasteiger partial charge is 0.490 e. The molecule has 1 saturated heterocycles. The zero-order valence-electron chi connectivity index (χ0n) is 21.2. The number of rotatable bonds is 8. The molecule has 1 fully saturated rings. The summed E-state index contributed by atoms with van der Waals surface area (Å²) < 4.78 is 16.0. The van der Waals surface area contributed by atoms with Gasteiger partial charge in [-0.1, -0.05) is 17.3 Å². The van der Waals surface area contributed by atoms with Crippen LogP contribution in [0.4, 0.5) is 5.69 Å². The number of aromatic nitrogens is 1. The molecular weight excluding hydrogens is 472 g/mol. The molecule has 2 aromatic carbocycles. The number of piperazine rings is 1. The van der Waals surface area contributed by atoms with Crippen LogP contribution >= 0.6 is 0 Å². The van der Waals surface area contributed by atoms with E-state index in [9.17, 15) is 10.1 Å². The van der Waals surface area contributed by atoms with Gasteiger partial charge in [0.2, 0.25) is 0 Å². The number of ether oxygens (including phenoxy) is 2. The molecule has 0 spiro atoms. The fourth-order valence-corrected chi connectivity index (χ4v) is 4.31. The molecule has 4 rings (SSSR count). The standard InChI is InChI=1S/C27H30N6O4/c1-17-16-32(2)8-9-33(17)27(34)19-6-4-18(5-7-19)25-14-23(31-37-25)26(30)21-12-20(15-28)24(13-22(21)29)36-11-10-35-3/h4-7,12-14,17,30H,8-11,16,29H2,1-3H3/t17-/m0/s1. The van der Waals surface area contributed by atoms with E-state index in [4.69, 9.17) is 25.1 Å². The van der Waals surface area contributed by atoms with E-state index in [2.05, 4.69) is 30.1 Å². The second kappa shape index (κ2) is 11.2. The number of nitrogens with two attached hydrogens (primary N) is 1. The first kappa shape index (κ1) is 25.9. The molecular formula is C27H30N6O4. The molecule has 0 saturated carbocycles. The Balaban J connectivity index is 1.50. The van der Waals surface area contributed by atoms with Crippen LogP contribution in [0, 0.1) is 16.7 Å². The van der Waals surface area contributed by atoms with Crippen molar-refractivity contribution in [2.45, 2.75) is 13.0 Å². The minimum Gasteiger partial charge on any atom is -0.490 e. The highest BCUT2D eigenvalue weighted by Crippen LogP contribution is 2.28. The van der Waals surface area contributed by atoms with E-state index in [1.807, 2.05) is 4.90 Å². The summed E-state index contributed by atoms with van der Waals surface area (Å²) in [5, 5.41) is 22.2. The predicted molar refractivity (Wildman–Crippen MR) is 139 cm³/mol. The number of carbonyl (C=O) groups is 1. The Morgan fingerprint density at radius 2 is 2.00 bits per heavy atom. The van der Waals surface area contributed by atoms with Crippen molar-refractivity contribution in [1.82, 2.24) is 15.0 Å². The van der Waals surface area contributed by atoms with Gasteiger partial charge in [-0.25, -0.2) is 0 Å². The molecule has 37 heavy (non-hydrogen) atoms. The molecule has 0 unspecified atom stereocenters. The van der Waals surface area contributed by atoms with E-state index in [-0.39, 0.29) is 41.2 Å². The summed E-state index contributed by atoms with van der Waals surface area (Å²) in [4.78, 5) is 17.1. The number of hydrogen-bond donors (Lipinski definition) is 2. The van der Waals surface area contributed by atoms with Gasteiger partial charge in [0, 0.05) is 67.3 Å². The highest BCUT2D eigenvalue weighted by molar-refractivity contribution is 6.13. The summed E-state index contributed by atoms with van der Waals surface area (Å²) in [6.07, 6.45) is 0. The average molecular weight is 503 g/mol. The fraction of sp³-hybridized carbons (Fsp3) is 0.333. The molecule has 3 N–H and O–H groups in total. The molecule has 10 nitrogen and oxygen atoms in total. The molecule has 1 aliphatic rings. The summed E-state index contributed by atoms with van der Waals surface area (Å²) >= 11 is 0. The van der Waals surface area contributed by atoms with Gasteiger partial charge >= 0.3 is 0 Å². The third-order valence-electron chi connectivity index (χ3n) is 6.36. The van der Waals surface area contributed by atoms with Gasteiger partial charge in [0.25, 0.3) is 5.91 Å². The second-order valence-corrected chi connectivity index (χ2v) is 9.03. The minimum atomic E-state index is 0.00519. The van der Waals surface area contributed by atoms with Gasteiger partial charge in [0.15, 0.2) is 5.76 Å². The normalized spacial score (nSPS) is 15.8. The number of anilines is 1. The lowest BCUT2D eigenvalue weighted by molar-refractivity contribution is 0.0533. The van der Waals surface area contributed by atoms with Crippen LogP contribution in [0.5, 0.6) is 5.75 Å². The first-order chi connectivity index (χ1) is 17.8. The summed E-state index contributed by atoms with van der Waals surface area (Å²) in [5.41, 5.74) is 8.67. The first-order valence-electron chi connectivity index (χ1n) is 11.9. The van der Waals surface area contributed by atoms with Gasteiger partial charge in [-0.2, -0.15) is 5.26 Å². The molecule has 0 radical (unpaired) electrons. The van der Waals surface area contributed by atoms with Crippen LogP contribution < -0.4 is 10.5 Å². The fourth-order valence-electron chi connectivity index (χ4n) is 4.31. The summed E-state index contributed by atoms with van der Waals surface area (Å²) in [7, 11) is 3.62. The Morgan fingerprint density at radius 3 is 2.68 bits per heavy atom. The van der Waals surface area contributed by atoms with Crippen molar-refractivity contribution in [3.8, 4) is 23.1 Å². The molecule has 3 aromatic rings. The lowest BCUT2D eigenvalue weighted by atomic mass is 10.0. The second-order valence-electron chi connectivity index (χ2n) is 9.03. The van der Waals surface area contributed by atoms with Gasteiger partial charge in [-0.15, -0.1) is 0 Å². The predicted octanol–water partition coefficient (Wildman–Crippen LogP) is 3.01. The lowest BCUT2D eigenvalue weighted by Gasteiger charge is -2.38. The Labute approximate surface area is 215 Å². The lowest BCUT2D eigenvalue weighted by Crippen LogP contribution is -2.52. The quantitative estimate of drug-likeness (QED) is 0.272. The minimum absolute atomic E-state index is 0.00519. The molecule has 10 heteroatoms. The summed E-state index contributed by atoms with van der Waals surface area (Å²) in [5.74, 6) is 0.783. The number of methoxy groups -OCH3 is 1. The molecule has 1 aromatic heterocycles. The maximum Gasteiger partial charge on any atom is 0.254 e. The molecule has 192 valence electrons. The summed E-state index contributed by atoms with van der Waals surface area (Å²) in [6.45, 7) is 5.09. The van der Waals surface area contributed by atoms with Crippen molar-refractivity contribution in [1.29, 1.82) is 10.7 Å². The third-order valence-corrected chi connectivity index (χ3v) is 6.36. The van der Waals surface area contributed by atoms with Crippen molar-refractivity contribution in [3.63, 3.8) is 0 Å². The zero-order chi connectivity index (χ0) is 26.5. The van der Waals surface area contributed by atoms with E-state index < -0.39 is 0 Å². The number of likely N-dealkylation sites (N-methyl/N-ethyl adjacent to an activating group) is 1. The van der Waals surface area contributed by atoms with E-state index in [0.29, 0.717) is 35.8 Å². The third kappa shape index (κ3) is 5.63. The van der Waals surface area contributed by atoms with Crippen molar-refractivity contribution in [3.05, 3.63) is 64.8 Å². The van der Waals surface area contributed by atoms with Gasteiger partial charge in [0.05, 0.1) is 17.9 Å². The topological polar surface area (TPSA) is 142 Å². The van der Waals surface area contributed by atoms with Crippen molar-refractivity contribution in [2.75, 3.05) is 52.7 Å². The van der Waals surface area contributed by atoms with Gasteiger partial charge in [0.1, 0.15) is 24.1 Å². The Kier molecular flexibility index (Phi) is 7.86. The Bertz CT molecular complexity index is 1330. The van der Waals surface area contributed by atoms with E-state index in [1.165, 1.54) is 12.1 Å².